The third kappa shape index (κ3) is 2.41. The van der Waals surface area contributed by atoms with Gasteiger partial charge in [0.15, 0.2) is 0 Å². The van der Waals surface area contributed by atoms with Crippen molar-refractivity contribution < 1.29 is 14.3 Å². The second kappa shape index (κ2) is 5.65. The summed E-state index contributed by atoms with van der Waals surface area (Å²) in [6.45, 7) is 0. The number of amides is 1. The number of rotatable bonds is 2. The summed E-state index contributed by atoms with van der Waals surface area (Å²) < 4.78 is 14.2. The fourth-order valence-electron chi connectivity index (χ4n) is 3.11. The van der Waals surface area contributed by atoms with E-state index in [2.05, 4.69) is 15.3 Å². The van der Waals surface area contributed by atoms with Crippen LogP contribution in [0.25, 0.3) is 11.0 Å². The molecule has 0 saturated heterocycles. The summed E-state index contributed by atoms with van der Waals surface area (Å²) in [4.78, 5) is 20.5. The van der Waals surface area contributed by atoms with E-state index in [4.69, 9.17) is 0 Å². The van der Waals surface area contributed by atoms with Gasteiger partial charge in [0.25, 0.3) is 5.91 Å². The molecule has 0 aliphatic heterocycles. The molecule has 24 heavy (non-hydrogen) atoms. The predicted molar refractivity (Wildman–Crippen MR) is 85.9 cm³/mol. The smallest absolute Gasteiger partial charge is 0.254 e. The molecular weight excluding hydrogens is 309 g/mol. The Balaban J connectivity index is 1.60. The molecular formula is C18H14FN3O2. The van der Waals surface area contributed by atoms with Crippen LogP contribution in [0.3, 0.4) is 0 Å². The highest BCUT2D eigenvalue weighted by Gasteiger charge is 2.32. The van der Waals surface area contributed by atoms with Gasteiger partial charge >= 0.3 is 0 Å². The summed E-state index contributed by atoms with van der Waals surface area (Å²) in [5.74, 6) is -1.23. The molecule has 0 bridgehead atoms. The predicted octanol–water partition coefficient (Wildman–Crippen LogP) is 2.16. The van der Waals surface area contributed by atoms with Crippen molar-refractivity contribution in [1.29, 1.82) is 0 Å². The molecule has 1 amide bonds. The number of nitrogens with zero attached hydrogens (tertiary/aromatic N) is 2. The van der Waals surface area contributed by atoms with Crippen LogP contribution in [0.1, 0.15) is 27.6 Å². The molecule has 1 aromatic heterocycles. The number of carbonyl (C=O) groups is 1. The molecule has 1 aliphatic rings. The van der Waals surface area contributed by atoms with Gasteiger partial charge in [0.1, 0.15) is 5.82 Å². The lowest BCUT2D eigenvalue weighted by Gasteiger charge is -2.17. The molecule has 0 fully saturated rings. The highest BCUT2D eigenvalue weighted by molar-refractivity contribution is 5.97. The molecule has 6 heteroatoms. The zero-order valence-electron chi connectivity index (χ0n) is 12.6. The number of aromatic nitrogens is 2. The Hall–Kier alpha value is -2.86. The number of nitrogens with one attached hydrogen (secondary N) is 1. The van der Waals surface area contributed by atoms with E-state index in [1.165, 1.54) is 24.5 Å². The van der Waals surface area contributed by atoms with Crippen LogP contribution < -0.4 is 5.32 Å². The molecule has 0 unspecified atom stereocenters. The van der Waals surface area contributed by atoms with E-state index in [0.29, 0.717) is 17.5 Å². The van der Waals surface area contributed by atoms with Crippen LogP contribution in [-0.2, 0) is 6.42 Å². The Morgan fingerprint density at radius 3 is 2.62 bits per heavy atom. The zero-order chi connectivity index (χ0) is 16.7. The van der Waals surface area contributed by atoms with Crippen LogP contribution in [0, 0.1) is 5.82 Å². The number of aliphatic hydroxyl groups excluding tert-OH is 1. The number of aliphatic hydroxyl groups is 1. The Morgan fingerprint density at radius 2 is 1.88 bits per heavy atom. The van der Waals surface area contributed by atoms with E-state index in [0.717, 1.165) is 11.1 Å². The number of hydrogen-bond acceptors (Lipinski definition) is 4. The van der Waals surface area contributed by atoms with Crippen LogP contribution in [0.2, 0.25) is 0 Å². The van der Waals surface area contributed by atoms with Crippen molar-refractivity contribution in [3.63, 3.8) is 0 Å². The van der Waals surface area contributed by atoms with Crippen molar-refractivity contribution in [2.75, 3.05) is 0 Å². The summed E-state index contributed by atoms with van der Waals surface area (Å²) in [7, 11) is 0. The Labute approximate surface area is 137 Å². The lowest BCUT2D eigenvalue weighted by molar-refractivity contribution is 0.0855. The lowest BCUT2D eigenvalue weighted by Crippen LogP contribution is -2.38. The van der Waals surface area contributed by atoms with Crippen LogP contribution in [-0.4, -0.2) is 27.0 Å². The van der Waals surface area contributed by atoms with Gasteiger partial charge in [-0.25, -0.2) is 4.39 Å². The maximum absolute atomic E-state index is 14.2. The Bertz CT molecular complexity index is 944. The summed E-state index contributed by atoms with van der Waals surface area (Å²) >= 11 is 0. The fourth-order valence-corrected chi connectivity index (χ4v) is 3.11. The van der Waals surface area contributed by atoms with E-state index in [1.54, 1.807) is 0 Å². The van der Waals surface area contributed by atoms with Crippen molar-refractivity contribution in [2.24, 2.45) is 0 Å². The fraction of sp³-hybridized carbons (Fsp3) is 0.167. The van der Waals surface area contributed by atoms with E-state index in [1.807, 2.05) is 24.3 Å². The van der Waals surface area contributed by atoms with Gasteiger partial charge in [-0.15, -0.1) is 0 Å². The minimum absolute atomic E-state index is 0.105. The lowest BCUT2D eigenvalue weighted by atomic mass is 10.1. The summed E-state index contributed by atoms with van der Waals surface area (Å²) in [6, 6.07) is 9.56. The average molecular weight is 323 g/mol. The zero-order valence-corrected chi connectivity index (χ0v) is 12.6. The molecule has 0 radical (unpaired) electrons. The normalized spacial score (nSPS) is 19.2. The number of benzene rings is 2. The third-order valence-corrected chi connectivity index (χ3v) is 4.31. The highest BCUT2D eigenvalue weighted by Crippen LogP contribution is 2.31. The molecule has 5 nitrogen and oxygen atoms in total. The van der Waals surface area contributed by atoms with Crippen LogP contribution >= 0.6 is 0 Å². The van der Waals surface area contributed by atoms with Crippen molar-refractivity contribution in [3.8, 4) is 0 Å². The van der Waals surface area contributed by atoms with Gasteiger partial charge in [-0.3, -0.25) is 14.8 Å². The Morgan fingerprint density at radius 1 is 1.17 bits per heavy atom. The van der Waals surface area contributed by atoms with Crippen LogP contribution in [0.15, 0.2) is 48.8 Å². The van der Waals surface area contributed by atoms with Gasteiger partial charge in [-0.1, -0.05) is 24.3 Å². The maximum Gasteiger partial charge on any atom is 0.254 e. The minimum atomic E-state index is -0.798. The molecule has 2 aromatic carbocycles. The number of fused-ring (bicyclic) bond motifs is 2. The largest absolute Gasteiger partial charge is 0.386 e. The molecule has 0 spiro atoms. The summed E-state index contributed by atoms with van der Waals surface area (Å²) in [6.07, 6.45) is 2.67. The number of halogens is 1. The van der Waals surface area contributed by atoms with E-state index in [9.17, 15) is 14.3 Å². The standard InChI is InChI=1S/C18H14FN3O2/c19-13-9-15-14(20-5-6-21-15)8-12(13)18(24)22-16-7-10-3-1-2-4-11(10)17(16)23/h1-6,8-9,16-17,23H,7H2,(H,22,24)/t16-,17+/m1/s1. The summed E-state index contributed by atoms with van der Waals surface area (Å²) in [5.41, 5.74) is 2.51. The molecule has 1 heterocycles. The van der Waals surface area contributed by atoms with Gasteiger partial charge in [-0.2, -0.15) is 0 Å². The van der Waals surface area contributed by atoms with E-state index in [-0.39, 0.29) is 5.56 Å². The third-order valence-electron chi connectivity index (χ3n) is 4.31. The average Bonchev–Trinajstić information content (AvgIpc) is 2.90. The quantitative estimate of drug-likeness (QED) is 0.758. The highest BCUT2D eigenvalue weighted by atomic mass is 19.1. The summed E-state index contributed by atoms with van der Waals surface area (Å²) in [5, 5.41) is 13.1. The first kappa shape index (κ1) is 14.7. The van der Waals surface area contributed by atoms with E-state index >= 15 is 0 Å². The van der Waals surface area contributed by atoms with Crippen molar-refractivity contribution in [2.45, 2.75) is 18.6 Å². The first-order chi connectivity index (χ1) is 11.6. The van der Waals surface area contributed by atoms with E-state index < -0.39 is 23.9 Å². The monoisotopic (exact) mass is 323 g/mol. The molecule has 0 saturated carbocycles. The van der Waals surface area contributed by atoms with Crippen molar-refractivity contribution in [1.82, 2.24) is 15.3 Å². The van der Waals surface area contributed by atoms with Crippen molar-refractivity contribution in [3.05, 3.63) is 71.3 Å². The van der Waals surface area contributed by atoms with Gasteiger partial charge in [0.05, 0.1) is 28.7 Å². The van der Waals surface area contributed by atoms with Gasteiger partial charge in [-0.05, 0) is 23.6 Å². The number of hydrogen-bond donors (Lipinski definition) is 2. The molecule has 1 aliphatic carbocycles. The van der Waals surface area contributed by atoms with Crippen molar-refractivity contribution >= 4 is 16.9 Å². The van der Waals surface area contributed by atoms with Gasteiger partial charge in [0, 0.05) is 18.5 Å². The first-order valence-electron chi connectivity index (χ1n) is 7.60. The second-order valence-corrected chi connectivity index (χ2v) is 5.80. The topological polar surface area (TPSA) is 75.1 Å². The molecule has 120 valence electrons. The SMILES string of the molecule is O=C(N[C@@H]1Cc2ccccc2[C@@H]1O)c1cc2nccnc2cc1F. The first-order valence-corrected chi connectivity index (χ1v) is 7.60. The second-order valence-electron chi connectivity index (χ2n) is 5.80. The van der Waals surface area contributed by atoms with Gasteiger partial charge < -0.3 is 10.4 Å². The minimum Gasteiger partial charge on any atom is -0.386 e. The van der Waals surface area contributed by atoms with Crippen LogP contribution in [0.5, 0.6) is 0 Å². The molecule has 3 aromatic rings. The molecule has 2 N–H and O–H groups in total. The number of carbonyl (C=O) groups excluding carboxylic acids is 1. The maximum atomic E-state index is 14.2. The molecule has 4 rings (SSSR count). The Kier molecular flexibility index (Phi) is 3.46. The molecule has 2 atom stereocenters. The van der Waals surface area contributed by atoms with Crippen LogP contribution in [0.4, 0.5) is 4.39 Å². The van der Waals surface area contributed by atoms with Gasteiger partial charge in [0.2, 0.25) is 0 Å².